The minimum absolute atomic E-state index is 0.104. The first-order valence-corrected chi connectivity index (χ1v) is 21.0. The van der Waals surface area contributed by atoms with Gasteiger partial charge < -0.3 is 8.83 Å². The maximum absolute atomic E-state index is 6.65. The molecule has 4 heterocycles. The number of fused-ring (bicyclic) bond motifs is 8. The smallest absolute Gasteiger partial charge is 0.164 e. The zero-order valence-corrected chi connectivity index (χ0v) is 33.6. The molecular formula is C54H35N3O2S. The monoisotopic (exact) mass is 789 g/mol. The Hall–Kier alpha value is -7.28. The Labute approximate surface area is 350 Å². The number of para-hydroxylation sites is 1. The lowest BCUT2D eigenvalue weighted by molar-refractivity contribution is 0.607. The Kier molecular flexibility index (Phi) is 7.75. The van der Waals surface area contributed by atoms with E-state index < -0.39 is 0 Å². The SMILES string of the molecule is CC1(C)c2ccccc2Sc2ccc(-c3ccc4c(c3)oc3cc(-c5nc(-c6ccc(-c7ccccc7)cc6)nc(-c6ccc7c(c6)oc6ccccc67)n5)ccc34)cc21. The predicted molar refractivity (Wildman–Crippen MR) is 244 cm³/mol. The zero-order valence-electron chi connectivity index (χ0n) is 32.8. The normalized spacial score (nSPS) is 13.2. The molecule has 0 atom stereocenters. The molecule has 5 nitrogen and oxygen atoms in total. The van der Waals surface area contributed by atoms with Gasteiger partial charge in [-0.05, 0) is 94.0 Å². The van der Waals surface area contributed by atoms with Gasteiger partial charge in [-0.15, -0.1) is 0 Å². The lowest BCUT2D eigenvalue weighted by atomic mass is 9.77. The number of hydrogen-bond acceptors (Lipinski definition) is 6. The van der Waals surface area contributed by atoms with Crippen molar-refractivity contribution in [2.45, 2.75) is 29.1 Å². The fourth-order valence-corrected chi connectivity index (χ4v) is 10.2. The van der Waals surface area contributed by atoms with E-state index in [1.807, 2.05) is 42.1 Å². The quantitative estimate of drug-likeness (QED) is 0.173. The fraction of sp³-hybridized carbons (Fsp3) is 0.0556. The van der Waals surface area contributed by atoms with Crippen LogP contribution < -0.4 is 0 Å². The second kappa shape index (κ2) is 13.4. The molecule has 11 aromatic rings. The van der Waals surface area contributed by atoms with Crippen molar-refractivity contribution < 1.29 is 8.83 Å². The highest BCUT2D eigenvalue weighted by Crippen LogP contribution is 2.50. The third kappa shape index (κ3) is 5.67. The van der Waals surface area contributed by atoms with Gasteiger partial charge in [-0.2, -0.15) is 0 Å². The summed E-state index contributed by atoms with van der Waals surface area (Å²) < 4.78 is 12.9. The van der Waals surface area contributed by atoms with Crippen LogP contribution in [0.5, 0.6) is 0 Å². The van der Waals surface area contributed by atoms with Gasteiger partial charge in [0.05, 0.1) is 0 Å². The molecule has 3 aromatic heterocycles. The van der Waals surface area contributed by atoms with Gasteiger partial charge in [-0.3, -0.25) is 0 Å². The average Bonchev–Trinajstić information content (AvgIpc) is 3.86. The Morgan fingerprint density at radius 3 is 1.50 bits per heavy atom. The first kappa shape index (κ1) is 34.7. The van der Waals surface area contributed by atoms with Crippen LogP contribution in [0.25, 0.3) is 100 Å². The maximum atomic E-state index is 6.65. The summed E-state index contributed by atoms with van der Waals surface area (Å²) in [6, 6.07) is 61.5. The first-order chi connectivity index (χ1) is 29.4. The Morgan fingerprint density at radius 2 is 0.800 bits per heavy atom. The van der Waals surface area contributed by atoms with E-state index in [9.17, 15) is 0 Å². The average molecular weight is 790 g/mol. The fourth-order valence-electron chi connectivity index (χ4n) is 8.79. The molecule has 0 saturated carbocycles. The summed E-state index contributed by atoms with van der Waals surface area (Å²) in [4.78, 5) is 17.9. The molecule has 8 aromatic carbocycles. The van der Waals surface area contributed by atoms with Crippen molar-refractivity contribution in [2.24, 2.45) is 0 Å². The number of rotatable bonds is 5. The lowest BCUT2D eigenvalue weighted by Gasteiger charge is -2.34. The second-order valence-electron chi connectivity index (χ2n) is 16.0. The van der Waals surface area contributed by atoms with E-state index >= 15 is 0 Å². The summed E-state index contributed by atoms with van der Waals surface area (Å²) in [5, 5.41) is 4.25. The minimum Gasteiger partial charge on any atom is -0.456 e. The van der Waals surface area contributed by atoms with Crippen LogP contribution in [-0.2, 0) is 5.41 Å². The summed E-state index contributed by atoms with van der Waals surface area (Å²) in [7, 11) is 0. The van der Waals surface area contributed by atoms with Crippen LogP contribution in [0.1, 0.15) is 25.0 Å². The first-order valence-electron chi connectivity index (χ1n) is 20.2. The van der Waals surface area contributed by atoms with Crippen molar-refractivity contribution in [1.29, 1.82) is 0 Å². The molecule has 0 radical (unpaired) electrons. The summed E-state index contributed by atoms with van der Waals surface area (Å²) in [6.07, 6.45) is 0. The molecule has 0 bridgehead atoms. The van der Waals surface area contributed by atoms with Gasteiger partial charge in [-0.25, -0.2) is 15.0 Å². The van der Waals surface area contributed by atoms with Gasteiger partial charge in [0, 0.05) is 53.4 Å². The predicted octanol–water partition coefficient (Wildman–Crippen LogP) is 14.8. The highest BCUT2D eigenvalue weighted by atomic mass is 32.2. The van der Waals surface area contributed by atoms with Crippen LogP contribution in [0.3, 0.4) is 0 Å². The van der Waals surface area contributed by atoms with Gasteiger partial charge in [0.2, 0.25) is 0 Å². The number of furan rings is 2. The molecule has 0 fully saturated rings. The molecule has 1 aliphatic heterocycles. The number of aromatic nitrogens is 3. The van der Waals surface area contributed by atoms with E-state index in [1.165, 1.54) is 26.5 Å². The van der Waals surface area contributed by atoms with E-state index in [4.69, 9.17) is 23.8 Å². The van der Waals surface area contributed by atoms with E-state index in [2.05, 4.69) is 159 Å². The van der Waals surface area contributed by atoms with Crippen LogP contribution in [0, 0.1) is 0 Å². The highest BCUT2D eigenvalue weighted by Gasteiger charge is 2.33. The third-order valence-corrected chi connectivity index (χ3v) is 13.2. The zero-order chi connectivity index (χ0) is 40.0. The van der Waals surface area contributed by atoms with Crippen molar-refractivity contribution in [2.75, 3.05) is 0 Å². The topological polar surface area (TPSA) is 65.0 Å². The van der Waals surface area contributed by atoms with E-state index in [0.717, 1.165) is 77.3 Å². The van der Waals surface area contributed by atoms with Crippen LogP contribution in [0.15, 0.2) is 195 Å². The van der Waals surface area contributed by atoms with Crippen molar-refractivity contribution in [3.8, 4) is 56.4 Å². The number of hydrogen-bond donors (Lipinski definition) is 0. The molecule has 12 rings (SSSR count). The van der Waals surface area contributed by atoms with Crippen LogP contribution >= 0.6 is 11.8 Å². The van der Waals surface area contributed by atoms with Crippen molar-refractivity contribution in [3.05, 3.63) is 187 Å². The van der Waals surface area contributed by atoms with Gasteiger partial charge in [0.1, 0.15) is 22.3 Å². The molecule has 0 saturated heterocycles. The van der Waals surface area contributed by atoms with Crippen molar-refractivity contribution in [3.63, 3.8) is 0 Å². The molecule has 0 unspecified atom stereocenters. The highest BCUT2D eigenvalue weighted by molar-refractivity contribution is 7.99. The number of benzene rings is 8. The van der Waals surface area contributed by atoms with Gasteiger partial charge in [0.15, 0.2) is 17.5 Å². The molecule has 0 spiro atoms. The summed E-state index contributed by atoms with van der Waals surface area (Å²) >= 11 is 1.86. The Bertz CT molecular complexity index is 3490. The molecule has 6 heteroatoms. The van der Waals surface area contributed by atoms with Crippen LogP contribution in [0.4, 0.5) is 0 Å². The molecule has 0 aliphatic carbocycles. The largest absolute Gasteiger partial charge is 0.456 e. The van der Waals surface area contributed by atoms with Gasteiger partial charge in [-0.1, -0.05) is 141 Å². The molecule has 60 heavy (non-hydrogen) atoms. The Balaban J connectivity index is 0.945. The van der Waals surface area contributed by atoms with E-state index in [0.29, 0.717) is 17.5 Å². The maximum Gasteiger partial charge on any atom is 0.164 e. The molecule has 0 amide bonds. The summed E-state index contributed by atoms with van der Waals surface area (Å²) in [5.41, 5.74) is 13.0. The molecule has 1 aliphatic rings. The summed E-state index contributed by atoms with van der Waals surface area (Å²) in [5.74, 6) is 1.71. The third-order valence-electron chi connectivity index (χ3n) is 12.0. The van der Waals surface area contributed by atoms with Crippen molar-refractivity contribution in [1.82, 2.24) is 15.0 Å². The van der Waals surface area contributed by atoms with Crippen LogP contribution in [0.2, 0.25) is 0 Å². The molecule has 284 valence electrons. The number of nitrogens with zero attached hydrogens (tertiary/aromatic N) is 3. The van der Waals surface area contributed by atoms with Crippen LogP contribution in [-0.4, -0.2) is 15.0 Å². The van der Waals surface area contributed by atoms with E-state index in [-0.39, 0.29) is 5.41 Å². The standard InChI is InChI=1S/C54H35N3O2S/c1-54(2)43-13-7-9-15-49(43)60-50-27-23-35(28-44(50)54)36-20-24-41-42-26-22-38(31-48(42)59-46(41)29-36)53-56-51(34-18-16-33(17-19-34)32-10-4-3-5-11-32)55-52(57-53)37-21-25-40-39-12-6-8-14-45(39)58-47(40)30-37/h3-31H,1-2H3. The van der Waals surface area contributed by atoms with Gasteiger partial charge >= 0.3 is 0 Å². The molecule has 0 N–H and O–H groups in total. The Morgan fingerprint density at radius 1 is 0.350 bits per heavy atom. The summed E-state index contributed by atoms with van der Waals surface area (Å²) in [6.45, 7) is 4.65. The van der Waals surface area contributed by atoms with E-state index in [1.54, 1.807) is 0 Å². The minimum atomic E-state index is -0.104. The lowest BCUT2D eigenvalue weighted by Crippen LogP contribution is -2.23. The molecular weight excluding hydrogens is 755 g/mol. The van der Waals surface area contributed by atoms with Gasteiger partial charge in [0.25, 0.3) is 0 Å². The second-order valence-corrected chi connectivity index (χ2v) is 17.1. The van der Waals surface area contributed by atoms with Crippen molar-refractivity contribution >= 4 is 55.6 Å².